The number of imidazole rings is 1. The summed E-state index contributed by atoms with van der Waals surface area (Å²) in [4.78, 5) is 7.31. The third-order valence-electron chi connectivity index (χ3n) is 5.82. The zero-order valence-electron chi connectivity index (χ0n) is 16.5. The van der Waals surface area contributed by atoms with Crippen molar-refractivity contribution in [3.63, 3.8) is 0 Å². The molecule has 0 spiro atoms. The molecular formula is C23H29N3O. The summed E-state index contributed by atoms with van der Waals surface area (Å²) in [5, 5.41) is 11.1. The summed E-state index contributed by atoms with van der Waals surface area (Å²) < 4.78 is 2.34. The lowest BCUT2D eigenvalue weighted by Crippen LogP contribution is -2.42. The number of hydrogen-bond acceptors (Lipinski definition) is 3. The van der Waals surface area contributed by atoms with Gasteiger partial charge in [0.1, 0.15) is 5.82 Å². The second-order valence-corrected chi connectivity index (χ2v) is 8.15. The maximum Gasteiger partial charge on any atom is 0.124 e. The van der Waals surface area contributed by atoms with Crippen LogP contribution in [0.2, 0.25) is 0 Å². The average Bonchev–Trinajstić information content (AvgIpc) is 3.02. The summed E-state index contributed by atoms with van der Waals surface area (Å²) in [6.07, 6.45) is 1.52. The van der Waals surface area contributed by atoms with Gasteiger partial charge in [-0.25, -0.2) is 4.98 Å². The number of aromatic nitrogens is 2. The summed E-state index contributed by atoms with van der Waals surface area (Å²) in [6, 6.07) is 17.1. The van der Waals surface area contributed by atoms with Crippen molar-refractivity contribution in [2.45, 2.75) is 51.8 Å². The number of hydrogen-bond donors (Lipinski definition) is 1. The van der Waals surface area contributed by atoms with Crippen LogP contribution in [-0.4, -0.2) is 32.6 Å². The van der Waals surface area contributed by atoms with Crippen LogP contribution < -0.4 is 0 Å². The normalized spacial score (nSPS) is 17.7. The molecule has 0 amide bonds. The minimum Gasteiger partial charge on any atom is -0.385 e. The zero-order valence-corrected chi connectivity index (χ0v) is 16.5. The van der Waals surface area contributed by atoms with Gasteiger partial charge in [0.2, 0.25) is 0 Å². The molecule has 0 atom stereocenters. The fourth-order valence-electron chi connectivity index (χ4n) is 4.22. The fraction of sp³-hybridized carbons (Fsp3) is 0.435. The van der Waals surface area contributed by atoms with E-state index in [1.54, 1.807) is 0 Å². The first kappa shape index (κ1) is 18.2. The molecule has 1 saturated heterocycles. The van der Waals surface area contributed by atoms with E-state index >= 15 is 0 Å². The van der Waals surface area contributed by atoms with E-state index in [0.717, 1.165) is 49.4 Å². The molecule has 1 aliphatic rings. The molecule has 0 unspecified atom stereocenters. The highest BCUT2D eigenvalue weighted by Gasteiger charge is 2.34. The monoisotopic (exact) mass is 363 g/mol. The first-order valence-corrected chi connectivity index (χ1v) is 9.94. The first-order valence-electron chi connectivity index (χ1n) is 9.94. The topological polar surface area (TPSA) is 41.3 Å². The number of likely N-dealkylation sites (tertiary alicyclic amines) is 1. The maximum atomic E-state index is 11.1. The SMILES string of the molecule is Cc1ccc(C2(O)CCN(Cc3nc4ccccc4n3C(C)C)CC2)cc1. The lowest BCUT2D eigenvalue weighted by atomic mass is 9.84. The Kier molecular flexibility index (Phi) is 4.79. The van der Waals surface area contributed by atoms with Crippen LogP contribution in [0.3, 0.4) is 0 Å². The highest BCUT2D eigenvalue weighted by atomic mass is 16.3. The van der Waals surface area contributed by atoms with Crippen LogP contribution in [0, 0.1) is 6.92 Å². The lowest BCUT2D eigenvalue weighted by molar-refractivity contribution is -0.0284. The number of benzene rings is 2. The van der Waals surface area contributed by atoms with Gasteiger partial charge < -0.3 is 9.67 Å². The summed E-state index contributed by atoms with van der Waals surface area (Å²) in [5.41, 5.74) is 3.84. The van der Waals surface area contributed by atoms with E-state index in [1.165, 1.54) is 11.1 Å². The molecule has 4 heteroatoms. The Morgan fingerprint density at radius 3 is 2.37 bits per heavy atom. The molecule has 142 valence electrons. The van der Waals surface area contributed by atoms with Crippen LogP contribution in [0.1, 0.15) is 49.7 Å². The Bertz CT molecular complexity index is 918. The van der Waals surface area contributed by atoms with Gasteiger partial charge in [0, 0.05) is 19.1 Å². The highest BCUT2D eigenvalue weighted by Crippen LogP contribution is 2.33. The average molecular weight is 364 g/mol. The van der Waals surface area contributed by atoms with Gasteiger partial charge >= 0.3 is 0 Å². The van der Waals surface area contributed by atoms with Gasteiger partial charge in [-0.1, -0.05) is 42.0 Å². The van der Waals surface area contributed by atoms with E-state index < -0.39 is 5.60 Å². The molecule has 27 heavy (non-hydrogen) atoms. The predicted octanol–water partition coefficient (Wildman–Crippen LogP) is 4.41. The van der Waals surface area contributed by atoms with Crippen molar-refractivity contribution in [3.05, 3.63) is 65.5 Å². The Labute approximate surface area is 161 Å². The summed E-state index contributed by atoms with van der Waals surface area (Å²) >= 11 is 0. The molecular weight excluding hydrogens is 334 g/mol. The van der Waals surface area contributed by atoms with Gasteiger partial charge in [-0.3, -0.25) is 4.90 Å². The number of aliphatic hydroxyl groups is 1. The summed E-state index contributed by atoms with van der Waals surface area (Å²) in [6.45, 7) is 9.10. The summed E-state index contributed by atoms with van der Waals surface area (Å²) in [7, 11) is 0. The Morgan fingerprint density at radius 2 is 1.70 bits per heavy atom. The highest BCUT2D eigenvalue weighted by molar-refractivity contribution is 5.76. The minimum atomic E-state index is -0.706. The van der Waals surface area contributed by atoms with Gasteiger partial charge in [-0.2, -0.15) is 0 Å². The molecule has 0 saturated carbocycles. The van der Waals surface area contributed by atoms with E-state index in [-0.39, 0.29) is 0 Å². The number of nitrogens with zero attached hydrogens (tertiary/aromatic N) is 3. The molecule has 4 nitrogen and oxygen atoms in total. The molecule has 2 heterocycles. The predicted molar refractivity (Wildman–Crippen MR) is 110 cm³/mol. The lowest BCUT2D eigenvalue weighted by Gasteiger charge is -2.38. The van der Waals surface area contributed by atoms with Gasteiger partial charge in [0.05, 0.1) is 23.2 Å². The van der Waals surface area contributed by atoms with E-state index in [0.29, 0.717) is 6.04 Å². The number of para-hydroxylation sites is 2. The van der Waals surface area contributed by atoms with E-state index in [9.17, 15) is 5.11 Å². The zero-order chi connectivity index (χ0) is 19.0. The molecule has 2 aromatic carbocycles. The van der Waals surface area contributed by atoms with E-state index in [1.807, 2.05) is 6.07 Å². The molecule has 0 bridgehead atoms. The van der Waals surface area contributed by atoms with Gasteiger partial charge in [0.15, 0.2) is 0 Å². The Hall–Kier alpha value is -2.17. The molecule has 0 radical (unpaired) electrons. The third-order valence-corrected chi connectivity index (χ3v) is 5.82. The Balaban J connectivity index is 1.50. The Morgan fingerprint density at radius 1 is 1.04 bits per heavy atom. The second-order valence-electron chi connectivity index (χ2n) is 8.15. The maximum absolute atomic E-state index is 11.1. The first-order chi connectivity index (χ1) is 13.0. The molecule has 1 aliphatic heterocycles. The van der Waals surface area contributed by atoms with Crippen molar-refractivity contribution < 1.29 is 5.11 Å². The fourth-order valence-corrected chi connectivity index (χ4v) is 4.22. The molecule has 0 aliphatic carbocycles. The van der Waals surface area contributed by atoms with Crippen LogP contribution in [0.25, 0.3) is 11.0 Å². The molecule has 3 aromatic rings. The number of rotatable bonds is 4. The smallest absolute Gasteiger partial charge is 0.124 e. The second kappa shape index (κ2) is 7.10. The molecule has 1 fully saturated rings. The van der Waals surface area contributed by atoms with Crippen molar-refractivity contribution in [1.82, 2.24) is 14.5 Å². The molecule has 4 rings (SSSR count). The van der Waals surface area contributed by atoms with Gasteiger partial charge in [-0.05, 0) is 51.3 Å². The van der Waals surface area contributed by atoms with Crippen LogP contribution in [0.5, 0.6) is 0 Å². The van der Waals surface area contributed by atoms with Crippen LogP contribution in [-0.2, 0) is 12.1 Å². The van der Waals surface area contributed by atoms with Crippen LogP contribution in [0.4, 0.5) is 0 Å². The molecule has 1 aromatic heterocycles. The van der Waals surface area contributed by atoms with Crippen molar-refractivity contribution >= 4 is 11.0 Å². The van der Waals surface area contributed by atoms with Crippen molar-refractivity contribution in [3.8, 4) is 0 Å². The quantitative estimate of drug-likeness (QED) is 0.746. The van der Waals surface area contributed by atoms with Gasteiger partial charge in [0.25, 0.3) is 0 Å². The van der Waals surface area contributed by atoms with Crippen molar-refractivity contribution in [2.75, 3.05) is 13.1 Å². The standard InChI is InChI=1S/C23H29N3O/c1-17(2)26-21-7-5-4-6-20(21)24-22(26)16-25-14-12-23(27,13-15-25)19-10-8-18(3)9-11-19/h4-11,17,27H,12-16H2,1-3H3. The largest absolute Gasteiger partial charge is 0.385 e. The van der Waals surface area contributed by atoms with E-state index in [4.69, 9.17) is 4.98 Å². The van der Waals surface area contributed by atoms with Crippen LogP contribution >= 0.6 is 0 Å². The number of piperidine rings is 1. The summed E-state index contributed by atoms with van der Waals surface area (Å²) in [5.74, 6) is 1.12. The van der Waals surface area contributed by atoms with Gasteiger partial charge in [-0.15, -0.1) is 0 Å². The van der Waals surface area contributed by atoms with Crippen molar-refractivity contribution in [1.29, 1.82) is 0 Å². The number of aryl methyl sites for hydroxylation is 1. The third kappa shape index (κ3) is 3.52. The van der Waals surface area contributed by atoms with Crippen molar-refractivity contribution in [2.24, 2.45) is 0 Å². The van der Waals surface area contributed by atoms with E-state index in [2.05, 4.69) is 72.7 Å². The van der Waals surface area contributed by atoms with Crippen LogP contribution in [0.15, 0.2) is 48.5 Å². The molecule has 1 N–H and O–H groups in total. The number of fused-ring (bicyclic) bond motifs is 1. The minimum absolute atomic E-state index is 0.377.